The smallest absolute Gasteiger partial charge is 0.254 e. The van der Waals surface area contributed by atoms with Gasteiger partial charge in [-0.2, -0.15) is 0 Å². The van der Waals surface area contributed by atoms with Gasteiger partial charge in [0, 0.05) is 23.9 Å². The zero-order valence-corrected chi connectivity index (χ0v) is 19.3. The number of ether oxygens (including phenoxy) is 3. The Hall–Kier alpha value is -4.00. The SMILES string of the molecule is COc1cccc(NC(=O)[C@H]2c3cc(OC)c(OC)cc3C(=O)N3CCc4ccccc4[C@@H]23)c1. The highest BCUT2D eigenvalue weighted by molar-refractivity contribution is 6.05. The van der Waals surface area contributed by atoms with Gasteiger partial charge in [0.25, 0.3) is 5.91 Å². The Morgan fingerprint density at radius 2 is 1.68 bits per heavy atom. The van der Waals surface area contributed by atoms with Gasteiger partial charge in [-0.3, -0.25) is 9.59 Å². The van der Waals surface area contributed by atoms with E-state index >= 15 is 0 Å². The summed E-state index contributed by atoms with van der Waals surface area (Å²) in [5.41, 5.74) is 3.85. The summed E-state index contributed by atoms with van der Waals surface area (Å²) in [6.45, 7) is 0.539. The van der Waals surface area contributed by atoms with Crippen LogP contribution in [0, 0.1) is 0 Å². The van der Waals surface area contributed by atoms with E-state index in [1.54, 1.807) is 32.4 Å². The van der Waals surface area contributed by atoms with E-state index in [2.05, 4.69) is 11.4 Å². The van der Waals surface area contributed by atoms with Crippen molar-refractivity contribution >= 4 is 17.5 Å². The molecule has 3 aromatic rings. The van der Waals surface area contributed by atoms with Gasteiger partial charge in [0.2, 0.25) is 5.91 Å². The topological polar surface area (TPSA) is 77.1 Å². The highest BCUT2D eigenvalue weighted by Gasteiger charge is 2.47. The van der Waals surface area contributed by atoms with Crippen molar-refractivity contribution in [1.82, 2.24) is 4.90 Å². The van der Waals surface area contributed by atoms with Crippen LogP contribution in [0.2, 0.25) is 0 Å². The van der Waals surface area contributed by atoms with Crippen LogP contribution in [0.3, 0.4) is 0 Å². The van der Waals surface area contributed by atoms with Crippen LogP contribution in [0.1, 0.15) is 39.0 Å². The second-order valence-corrected chi connectivity index (χ2v) is 8.39. The summed E-state index contributed by atoms with van der Waals surface area (Å²) in [6, 6.07) is 18.3. The van der Waals surface area contributed by atoms with Gasteiger partial charge in [-0.25, -0.2) is 0 Å². The van der Waals surface area contributed by atoms with E-state index in [1.165, 1.54) is 7.11 Å². The molecule has 7 nitrogen and oxygen atoms in total. The van der Waals surface area contributed by atoms with Crippen molar-refractivity contribution in [2.24, 2.45) is 0 Å². The zero-order chi connectivity index (χ0) is 23.8. The maximum Gasteiger partial charge on any atom is 0.254 e. The molecule has 0 saturated heterocycles. The predicted octanol–water partition coefficient (Wildman–Crippen LogP) is 4.19. The quantitative estimate of drug-likeness (QED) is 0.621. The lowest BCUT2D eigenvalue weighted by molar-refractivity contribution is -0.119. The van der Waals surface area contributed by atoms with Crippen LogP contribution in [-0.4, -0.2) is 44.6 Å². The number of hydrogen-bond donors (Lipinski definition) is 1. The Kier molecular flexibility index (Phi) is 5.61. The minimum Gasteiger partial charge on any atom is -0.497 e. The molecule has 34 heavy (non-hydrogen) atoms. The standard InChI is InChI=1S/C27H26N2O5/c1-32-18-9-6-8-17(13-18)28-26(30)24-20-14-22(33-2)23(34-3)15-21(20)27(31)29-12-11-16-7-4-5-10-19(16)25(24)29/h4-10,13-15,24-25H,11-12H2,1-3H3,(H,28,30)/t24-,25-/m0/s1. The molecule has 2 amide bonds. The second kappa shape index (κ2) is 8.74. The minimum absolute atomic E-state index is 0.110. The number of rotatable bonds is 5. The molecule has 2 heterocycles. The summed E-state index contributed by atoms with van der Waals surface area (Å²) in [6.07, 6.45) is 0.741. The molecule has 0 aliphatic carbocycles. The molecule has 7 heteroatoms. The minimum atomic E-state index is -0.639. The normalized spacial score (nSPS) is 18.3. The molecule has 2 aliphatic heterocycles. The van der Waals surface area contributed by atoms with Crippen LogP contribution in [-0.2, 0) is 11.2 Å². The Labute approximate surface area is 198 Å². The first-order chi connectivity index (χ1) is 16.5. The molecule has 5 rings (SSSR count). The van der Waals surface area contributed by atoms with Gasteiger partial charge in [0.15, 0.2) is 11.5 Å². The molecule has 3 aromatic carbocycles. The molecule has 0 saturated carbocycles. The number of nitrogens with zero attached hydrogens (tertiary/aromatic N) is 1. The van der Waals surface area contributed by atoms with Crippen LogP contribution in [0.4, 0.5) is 5.69 Å². The molecule has 0 spiro atoms. The van der Waals surface area contributed by atoms with Crippen LogP contribution in [0.25, 0.3) is 0 Å². The van der Waals surface area contributed by atoms with Crippen molar-refractivity contribution in [3.63, 3.8) is 0 Å². The lowest BCUT2D eigenvalue weighted by atomic mass is 9.75. The third kappa shape index (κ3) is 3.53. The lowest BCUT2D eigenvalue weighted by Gasteiger charge is -2.45. The number of fused-ring (bicyclic) bond motifs is 4. The number of benzene rings is 3. The zero-order valence-electron chi connectivity index (χ0n) is 19.3. The van der Waals surface area contributed by atoms with E-state index in [-0.39, 0.29) is 11.8 Å². The molecule has 0 bridgehead atoms. The molecule has 2 aliphatic rings. The van der Waals surface area contributed by atoms with E-state index in [4.69, 9.17) is 14.2 Å². The molecule has 1 N–H and O–H groups in total. The fraction of sp³-hybridized carbons (Fsp3) is 0.259. The van der Waals surface area contributed by atoms with Crippen molar-refractivity contribution in [1.29, 1.82) is 0 Å². The van der Waals surface area contributed by atoms with Gasteiger partial charge < -0.3 is 24.4 Å². The summed E-state index contributed by atoms with van der Waals surface area (Å²) in [7, 11) is 4.66. The first-order valence-electron chi connectivity index (χ1n) is 11.1. The molecule has 2 atom stereocenters. The van der Waals surface area contributed by atoms with Gasteiger partial charge in [-0.1, -0.05) is 30.3 Å². The summed E-state index contributed by atoms with van der Waals surface area (Å²) >= 11 is 0. The van der Waals surface area contributed by atoms with Crippen molar-refractivity contribution in [3.05, 3.63) is 82.9 Å². The highest BCUT2D eigenvalue weighted by atomic mass is 16.5. The van der Waals surface area contributed by atoms with Crippen LogP contribution in [0.5, 0.6) is 17.2 Å². The van der Waals surface area contributed by atoms with Gasteiger partial charge >= 0.3 is 0 Å². The number of nitrogens with one attached hydrogen (secondary N) is 1. The number of carbonyl (C=O) groups is 2. The molecule has 0 radical (unpaired) electrons. The number of anilines is 1. The fourth-order valence-electron chi connectivity index (χ4n) is 5.05. The van der Waals surface area contributed by atoms with Crippen LogP contribution in [0.15, 0.2) is 60.7 Å². The average molecular weight is 459 g/mol. The number of amides is 2. The molecule has 0 aromatic heterocycles. The van der Waals surface area contributed by atoms with Gasteiger partial charge in [0.05, 0.1) is 33.3 Å². The third-order valence-electron chi connectivity index (χ3n) is 6.65. The Morgan fingerprint density at radius 3 is 2.44 bits per heavy atom. The van der Waals surface area contributed by atoms with Gasteiger partial charge in [-0.05, 0) is 47.4 Å². The van der Waals surface area contributed by atoms with Gasteiger partial charge in [0.1, 0.15) is 5.75 Å². The average Bonchev–Trinajstić information content (AvgIpc) is 2.88. The summed E-state index contributed by atoms with van der Waals surface area (Å²) < 4.78 is 16.3. The molecule has 0 unspecified atom stereocenters. The molecule has 0 fully saturated rings. The number of hydrogen-bond acceptors (Lipinski definition) is 5. The van der Waals surface area contributed by atoms with E-state index in [0.29, 0.717) is 40.6 Å². The maximum atomic E-state index is 13.9. The first-order valence-corrected chi connectivity index (χ1v) is 11.1. The van der Waals surface area contributed by atoms with E-state index in [9.17, 15) is 9.59 Å². The summed E-state index contributed by atoms with van der Waals surface area (Å²) in [5.74, 6) is 0.623. The van der Waals surface area contributed by atoms with E-state index in [0.717, 1.165) is 17.5 Å². The van der Waals surface area contributed by atoms with Crippen molar-refractivity contribution in [3.8, 4) is 17.2 Å². The second-order valence-electron chi connectivity index (χ2n) is 8.39. The van der Waals surface area contributed by atoms with E-state index in [1.807, 2.05) is 41.3 Å². The van der Waals surface area contributed by atoms with Crippen LogP contribution >= 0.6 is 0 Å². The summed E-state index contributed by atoms with van der Waals surface area (Å²) in [4.78, 5) is 29.3. The number of carbonyl (C=O) groups excluding carboxylic acids is 2. The Bertz CT molecular complexity index is 1270. The maximum absolute atomic E-state index is 13.9. The highest BCUT2D eigenvalue weighted by Crippen LogP contribution is 2.48. The van der Waals surface area contributed by atoms with Crippen molar-refractivity contribution in [2.45, 2.75) is 18.4 Å². The largest absolute Gasteiger partial charge is 0.497 e. The molecular formula is C27H26N2O5. The molecular weight excluding hydrogens is 432 g/mol. The van der Waals surface area contributed by atoms with Crippen LogP contribution < -0.4 is 19.5 Å². The van der Waals surface area contributed by atoms with Gasteiger partial charge in [-0.15, -0.1) is 0 Å². The lowest BCUT2D eigenvalue weighted by Crippen LogP contribution is -2.49. The third-order valence-corrected chi connectivity index (χ3v) is 6.65. The number of methoxy groups -OCH3 is 3. The van der Waals surface area contributed by atoms with Crippen molar-refractivity contribution in [2.75, 3.05) is 33.2 Å². The van der Waals surface area contributed by atoms with Crippen molar-refractivity contribution < 1.29 is 23.8 Å². The Morgan fingerprint density at radius 1 is 0.912 bits per heavy atom. The molecule has 174 valence electrons. The fourth-order valence-corrected chi connectivity index (χ4v) is 5.05. The van der Waals surface area contributed by atoms with E-state index < -0.39 is 12.0 Å². The Balaban J connectivity index is 1.66. The summed E-state index contributed by atoms with van der Waals surface area (Å²) in [5, 5.41) is 3.04. The predicted molar refractivity (Wildman–Crippen MR) is 128 cm³/mol. The monoisotopic (exact) mass is 458 g/mol. The first kappa shape index (κ1) is 21.8.